The van der Waals surface area contributed by atoms with Crippen molar-refractivity contribution in [2.45, 2.75) is 11.0 Å². The van der Waals surface area contributed by atoms with E-state index in [1.54, 1.807) is 0 Å². The van der Waals surface area contributed by atoms with Crippen molar-refractivity contribution >= 4 is 62.8 Å². The molecule has 0 bridgehead atoms. The third kappa shape index (κ3) is 2.61. The molecule has 2 aromatic heterocycles. The van der Waals surface area contributed by atoms with Gasteiger partial charge in [-0.25, -0.2) is 0 Å². The van der Waals surface area contributed by atoms with Gasteiger partial charge in [-0.05, 0) is 12.1 Å². The highest BCUT2D eigenvalue weighted by Gasteiger charge is 2.25. The maximum atomic E-state index is 6.38. The fourth-order valence-corrected chi connectivity index (χ4v) is 4.56. The van der Waals surface area contributed by atoms with Gasteiger partial charge in [-0.1, -0.05) is 64.0 Å². The minimum atomic E-state index is 0.462. The number of nitrogens with zero attached hydrogens (tertiary/aromatic N) is 4. The van der Waals surface area contributed by atoms with Crippen molar-refractivity contribution in [3.8, 4) is 5.00 Å². The molecule has 116 valence electrons. The van der Waals surface area contributed by atoms with Crippen molar-refractivity contribution in [3.63, 3.8) is 0 Å². The van der Waals surface area contributed by atoms with Crippen LogP contribution in [0.15, 0.2) is 35.3 Å². The Kier molecular flexibility index (Phi) is 4.17. The van der Waals surface area contributed by atoms with Crippen LogP contribution in [-0.4, -0.2) is 20.5 Å². The third-order valence-electron chi connectivity index (χ3n) is 3.56. The Morgan fingerprint density at radius 1 is 1.17 bits per heavy atom. The van der Waals surface area contributed by atoms with Gasteiger partial charge in [0.1, 0.15) is 17.4 Å². The highest BCUT2D eigenvalue weighted by Crippen LogP contribution is 2.36. The van der Waals surface area contributed by atoms with Crippen LogP contribution in [-0.2, 0) is 11.0 Å². The van der Waals surface area contributed by atoms with E-state index in [1.165, 1.54) is 11.3 Å². The number of aliphatic imine (C=N–C) groups is 1. The molecule has 3 aromatic rings. The van der Waals surface area contributed by atoms with E-state index < -0.39 is 0 Å². The van der Waals surface area contributed by atoms with E-state index in [2.05, 4.69) is 37.4 Å². The summed E-state index contributed by atoms with van der Waals surface area (Å²) in [5.41, 5.74) is 2.72. The number of benzene rings is 1. The monoisotopic (exact) mass is 474 g/mol. The summed E-state index contributed by atoms with van der Waals surface area (Å²) in [6.07, 6.45) is 0. The van der Waals surface area contributed by atoms with E-state index in [0.29, 0.717) is 15.9 Å². The van der Waals surface area contributed by atoms with Gasteiger partial charge in [0, 0.05) is 16.1 Å². The molecular weight excluding hydrogens is 466 g/mol. The largest absolute Gasteiger partial charge is 0.276 e. The lowest BCUT2D eigenvalue weighted by Gasteiger charge is -2.09. The Balaban J connectivity index is 1.98. The molecular formula is C15H9Cl2IN4S. The molecule has 0 unspecified atom stereocenters. The number of hydrogen-bond donors (Lipinski definition) is 0. The number of alkyl halides is 1. The minimum Gasteiger partial charge on any atom is -0.276 e. The minimum absolute atomic E-state index is 0.462. The van der Waals surface area contributed by atoms with Crippen LogP contribution in [0.3, 0.4) is 0 Å². The molecule has 0 amide bonds. The Morgan fingerprint density at radius 2 is 2.00 bits per heavy atom. The zero-order valence-electron chi connectivity index (χ0n) is 11.6. The fourth-order valence-electron chi connectivity index (χ4n) is 2.58. The van der Waals surface area contributed by atoms with Gasteiger partial charge in [0.2, 0.25) is 0 Å². The Bertz CT molecular complexity index is 931. The quantitative estimate of drug-likeness (QED) is 0.390. The Hall–Kier alpha value is -0.960. The van der Waals surface area contributed by atoms with Gasteiger partial charge in [-0.2, -0.15) is 0 Å². The van der Waals surface area contributed by atoms with Crippen molar-refractivity contribution < 1.29 is 0 Å². The van der Waals surface area contributed by atoms with Gasteiger partial charge in [0.05, 0.1) is 14.5 Å². The summed E-state index contributed by atoms with van der Waals surface area (Å²) < 4.78 is 3.53. The maximum absolute atomic E-state index is 6.38. The van der Waals surface area contributed by atoms with Crippen LogP contribution in [0.4, 0.5) is 0 Å². The fraction of sp³-hybridized carbons (Fsp3) is 0.133. The highest BCUT2D eigenvalue weighted by molar-refractivity contribution is 14.1. The number of aromatic nitrogens is 3. The molecule has 0 radical (unpaired) electrons. The number of halogens is 3. The van der Waals surface area contributed by atoms with Crippen LogP contribution in [0.25, 0.3) is 5.00 Å². The molecule has 3 heterocycles. The molecule has 0 saturated carbocycles. The highest BCUT2D eigenvalue weighted by atomic mass is 127. The van der Waals surface area contributed by atoms with Crippen LogP contribution in [0.1, 0.15) is 22.8 Å². The summed E-state index contributed by atoms with van der Waals surface area (Å²) in [7, 11) is 0. The van der Waals surface area contributed by atoms with Crippen LogP contribution in [0, 0.1) is 0 Å². The predicted octanol–water partition coefficient (Wildman–Crippen LogP) is 4.92. The van der Waals surface area contributed by atoms with Crippen LogP contribution >= 0.6 is 57.1 Å². The Labute approximate surface area is 160 Å². The lowest BCUT2D eigenvalue weighted by atomic mass is 10.0. The zero-order valence-corrected chi connectivity index (χ0v) is 16.1. The molecule has 1 aliphatic heterocycles. The van der Waals surface area contributed by atoms with Crippen molar-refractivity contribution in [1.82, 2.24) is 14.8 Å². The predicted molar refractivity (Wildman–Crippen MR) is 103 cm³/mol. The maximum Gasteiger partial charge on any atom is 0.160 e. The van der Waals surface area contributed by atoms with Crippen LogP contribution < -0.4 is 0 Å². The lowest BCUT2D eigenvalue weighted by Crippen LogP contribution is -2.06. The molecule has 0 N–H and O–H groups in total. The van der Waals surface area contributed by atoms with Crippen molar-refractivity contribution in [2.75, 3.05) is 0 Å². The van der Waals surface area contributed by atoms with Crippen molar-refractivity contribution in [1.29, 1.82) is 0 Å². The standard InChI is InChI=1S/C15H9Cl2IN4S/c16-10-4-2-1-3-8(10)14-9-5-11(17)23-15(9)22-12(6-18)20-21-13(22)7-19-14/h1-5H,6-7H2. The molecule has 0 spiro atoms. The summed E-state index contributed by atoms with van der Waals surface area (Å²) in [4.78, 5) is 4.75. The van der Waals surface area contributed by atoms with E-state index in [9.17, 15) is 0 Å². The van der Waals surface area contributed by atoms with Gasteiger partial charge in [0.25, 0.3) is 0 Å². The van der Waals surface area contributed by atoms with Crippen molar-refractivity contribution in [2.24, 2.45) is 4.99 Å². The number of thiophene rings is 1. The van der Waals surface area contributed by atoms with Gasteiger partial charge < -0.3 is 0 Å². The first kappa shape index (κ1) is 15.6. The van der Waals surface area contributed by atoms with Crippen molar-refractivity contribution in [3.05, 3.63) is 62.5 Å². The number of fused-ring (bicyclic) bond motifs is 3. The first-order valence-corrected chi connectivity index (χ1v) is 9.87. The molecule has 23 heavy (non-hydrogen) atoms. The third-order valence-corrected chi connectivity index (χ3v) is 5.83. The zero-order chi connectivity index (χ0) is 16.0. The topological polar surface area (TPSA) is 43.1 Å². The van der Waals surface area contributed by atoms with Gasteiger partial charge in [-0.15, -0.1) is 21.5 Å². The second-order valence-electron chi connectivity index (χ2n) is 4.92. The molecule has 0 aliphatic carbocycles. The van der Waals surface area contributed by atoms with Gasteiger partial charge in [-0.3, -0.25) is 9.56 Å². The molecule has 1 aromatic carbocycles. The first-order chi connectivity index (χ1) is 11.2. The summed E-state index contributed by atoms with van der Waals surface area (Å²) in [5.74, 6) is 1.72. The average molecular weight is 475 g/mol. The summed E-state index contributed by atoms with van der Waals surface area (Å²) in [6, 6.07) is 9.65. The molecule has 4 rings (SSSR count). The second kappa shape index (κ2) is 6.16. The number of hydrogen-bond acceptors (Lipinski definition) is 4. The van der Waals surface area contributed by atoms with E-state index >= 15 is 0 Å². The summed E-state index contributed by atoms with van der Waals surface area (Å²) in [6.45, 7) is 0.462. The summed E-state index contributed by atoms with van der Waals surface area (Å²) in [5, 5.41) is 10.2. The molecule has 1 aliphatic rings. The summed E-state index contributed by atoms with van der Waals surface area (Å²) >= 11 is 16.5. The van der Waals surface area contributed by atoms with E-state index in [4.69, 9.17) is 28.2 Å². The SMILES string of the molecule is Clc1cc2c(s1)-n1c(CI)nnc1CN=C2c1ccccc1Cl. The van der Waals surface area contributed by atoms with Gasteiger partial charge in [0.15, 0.2) is 5.82 Å². The average Bonchev–Trinajstić information content (AvgIpc) is 3.09. The first-order valence-electron chi connectivity index (χ1n) is 6.77. The normalized spacial score (nSPS) is 13.3. The van der Waals surface area contributed by atoms with Crippen LogP contribution in [0.2, 0.25) is 9.36 Å². The molecule has 0 fully saturated rings. The smallest absolute Gasteiger partial charge is 0.160 e. The van der Waals surface area contributed by atoms with E-state index in [0.717, 1.165) is 37.9 Å². The number of rotatable bonds is 2. The van der Waals surface area contributed by atoms with E-state index in [-0.39, 0.29) is 0 Å². The van der Waals surface area contributed by atoms with E-state index in [1.807, 2.05) is 30.3 Å². The molecule has 0 saturated heterocycles. The van der Waals surface area contributed by atoms with Gasteiger partial charge >= 0.3 is 0 Å². The second-order valence-corrected chi connectivity index (χ2v) is 7.75. The molecule has 4 nitrogen and oxygen atoms in total. The van der Waals surface area contributed by atoms with Crippen LogP contribution in [0.5, 0.6) is 0 Å². The molecule has 8 heteroatoms. The lowest BCUT2D eigenvalue weighted by molar-refractivity contribution is 0.869. The molecule has 0 atom stereocenters. The Morgan fingerprint density at radius 3 is 2.78 bits per heavy atom.